The Morgan fingerprint density at radius 1 is 1.50 bits per heavy atom. The summed E-state index contributed by atoms with van der Waals surface area (Å²) in [5, 5.41) is 4.09. The number of hydrogen-bond acceptors (Lipinski definition) is 2. The highest BCUT2D eigenvalue weighted by Gasteiger charge is 1.99. The molecule has 0 unspecified atom stereocenters. The molecule has 0 heterocycles. The monoisotopic (exact) mass is 293 g/mol. The Balaban J connectivity index is 2.45. The summed E-state index contributed by atoms with van der Waals surface area (Å²) in [7, 11) is 0. The van der Waals surface area contributed by atoms with E-state index in [1.807, 2.05) is 30.0 Å². The molecule has 4 heteroatoms. The Bertz CT molecular complexity index is 293. The van der Waals surface area contributed by atoms with Gasteiger partial charge in [-0.2, -0.15) is 11.8 Å². The molecule has 0 bridgehead atoms. The second-order valence-corrected chi connectivity index (χ2v) is 5.21. The first kappa shape index (κ1) is 12.2. The van der Waals surface area contributed by atoms with Crippen LogP contribution in [-0.2, 0) is 0 Å². The maximum absolute atomic E-state index is 6.02. The van der Waals surface area contributed by atoms with E-state index >= 15 is 0 Å². The zero-order valence-corrected chi connectivity index (χ0v) is 11.2. The number of benzene rings is 1. The van der Waals surface area contributed by atoms with E-state index in [1.165, 1.54) is 5.75 Å². The lowest BCUT2D eigenvalue weighted by Crippen LogP contribution is -2.02. The molecule has 78 valence electrons. The summed E-state index contributed by atoms with van der Waals surface area (Å²) >= 11 is 11.3. The van der Waals surface area contributed by atoms with Crippen LogP contribution in [0, 0.1) is 0 Å². The molecule has 0 aliphatic heterocycles. The molecule has 1 aromatic rings. The highest BCUT2D eigenvalue weighted by Crippen LogP contribution is 2.25. The predicted molar refractivity (Wildman–Crippen MR) is 70.6 cm³/mol. The van der Waals surface area contributed by atoms with Gasteiger partial charge in [0.05, 0.1) is 10.7 Å². The summed E-state index contributed by atoms with van der Waals surface area (Å²) in [6.07, 6.45) is 3.27. The molecule has 0 fully saturated rings. The molecular formula is C10H13BrClNS. The van der Waals surface area contributed by atoms with Crippen molar-refractivity contribution >= 4 is 45.0 Å². The van der Waals surface area contributed by atoms with Crippen LogP contribution in [0.3, 0.4) is 0 Å². The normalized spacial score (nSPS) is 10.2. The van der Waals surface area contributed by atoms with Crippen molar-refractivity contribution in [2.24, 2.45) is 0 Å². The lowest BCUT2D eigenvalue weighted by molar-refractivity contribution is 0.993. The fraction of sp³-hybridized carbons (Fsp3) is 0.400. The van der Waals surface area contributed by atoms with Crippen molar-refractivity contribution in [3.63, 3.8) is 0 Å². The molecule has 0 amide bonds. The van der Waals surface area contributed by atoms with Gasteiger partial charge in [0.25, 0.3) is 0 Å². The molecule has 0 saturated carbocycles. The highest BCUT2D eigenvalue weighted by molar-refractivity contribution is 9.10. The Labute approximate surface area is 103 Å². The average molecular weight is 295 g/mol. The lowest BCUT2D eigenvalue weighted by atomic mass is 10.3. The van der Waals surface area contributed by atoms with Gasteiger partial charge in [-0.3, -0.25) is 0 Å². The largest absolute Gasteiger partial charge is 0.384 e. The number of thioether (sulfide) groups is 1. The van der Waals surface area contributed by atoms with Crippen LogP contribution < -0.4 is 5.32 Å². The van der Waals surface area contributed by atoms with Gasteiger partial charge in [0, 0.05) is 11.0 Å². The second-order valence-electron chi connectivity index (χ2n) is 2.90. The molecule has 0 aliphatic rings. The molecule has 0 radical (unpaired) electrons. The number of halogens is 2. The third-order valence-electron chi connectivity index (χ3n) is 1.77. The van der Waals surface area contributed by atoms with Gasteiger partial charge in [-0.15, -0.1) is 0 Å². The maximum atomic E-state index is 6.02. The highest BCUT2D eigenvalue weighted by atomic mass is 79.9. The van der Waals surface area contributed by atoms with Crippen molar-refractivity contribution in [2.75, 3.05) is 23.9 Å². The van der Waals surface area contributed by atoms with Crippen LogP contribution in [0.4, 0.5) is 5.69 Å². The molecule has 0 atom stereocenters. The maximum Gasteiger partial charge on any atom is 0.0638 e. The Kier molecular flexibility index (Phi) is 5.75. The zero-order valence-electron chi connectivity index (χ0n) is 8.02. The standard InChI is InChI=1S/C10H13BrClNS/c1-14-6-2-5-13-10-7-8(11)3-4-9(10)12/h3-4,7,13H,2,5-6H2,1H3. The van der Waals surface area contributed by atoms with Crippen LogP contribution in [0.5, 0.6) is 0 Å². The molecule has 14 heavy (non-hydrogen) atoms. The van der Waals surface area contributed by atoms with E-state index in [9.17, 15) is 0 Å². The van der Waals surface area contributed by atoms with Crippen molar-refractivity contribution in [1.82, 2.24) is 0 Å². The topological polar surface area (TPSA) is 12.0 Å². The van der Waals surface area contributed by atoms with E-state index in [4.69, 9.17) is 11.6 Å². The van der Waals surface area contributed by atoms with E-state index < -0.39 is 0 Å². The van der Waals surface area contributed by atoms with E-state index in [0.29, 0.717) is 0 Å². The summed E-state index contributed by atoms with van der Waals surface area (Å²) in [5.74, 6) is 1.18. The molecule has 0 aromatic heterocycles. The number of nitrogens with one attached hydrogen (secondary N) is 1. The van der Waals surface area contributed by atoms with E-state index in [0.717, 1.165) is 28.1 Å². The molecule has 1 N–H and O–H groups in total. The van der Waals surface area contributed by atoms with Crippen molar-refractivity contribution in [3.8, 4) is 0 Å². The summed E-state index contributed by atoms with van der Waals surface area (Å²) in [5.41, 5.74) is 1.00. The van der Waals surface area contributed by atoms with Gasteiger partial charge in [0.15, 0.2) is 0 Å². The smallest absolute Gasteiger partial charge is 0.0638 e. The quantitative estimate of drug-likeness (QED) is 0.814. The van der Waals surface area contributed by atoms with E-state index in [-0.39, 0.29) is 0 Å². The third-order valence-corrected chi connectivity index (χ3v) is 3.29. The first-order chi connectivity index (χ1) is 6.74. The number of anilines is 1. The Hall–Kier alpha value is 0.140. The van der Waals surface area contributed by atoms with Gasteiger partial charge in [0.2, 0.25) is 0 Å². The number of rotatable bonds is 5. The summed E-state index contributed by atoms with van der Waals surface area (Å²) in [4.78, 5) is 0. The SMILES string of the molecule is CSCCCNc1cc(Br)ccc1Cl. The van der Waals surface area contributed by atoms with Gasteiger partial charge in [-0.1, -0.05) is 27.5 Å². The lowest BCUT2D eigenvalue weighted by Gasteiger charge is -2.08. The van der Waals surface area contributed by atoms with Gasteiger partial charge in [-0.05, 0) is 36.6 Å². The summed E-state index contributed by atoms with van der Waals surface area (Å²) in [6, 6.07) is 5.83. The molecule has 1 aromatic carbocycles. The minimum atomic E-state index is 0.775. The Morgan fingerprint density at radius 2 is 2.29 bits per heavy atom. The summed E-state index contributed by atoms with van der Waals surface area (Å²) < 4.78 is 1.05. The number of hydrogen-bond donors (Lipinski definition) is 1. The molecule has 1 rings (SSSR count). The van der Waals surface area contributed by atoms with Gasteiger partial charge in [0.1, 0.15) is 0 Å². The van der Waals surface area contributed by atoms with Crippen LogP contribution in [0.15, 0.2) is 22.7 Å². The van der Waals surface area contributed by atoms with Crippen LogP contribution in [0.25, 0.3) is 0 Å². The van der Waals surface area contributed by atoms with Crippen LogP contribution in [-0.4, -0.2) is 18.6 Å². The first-order valence-corrected chi connectivity index (χ1v) is 6.98. The minimum Gasteiger partial charge on any atom is -0.384 e. The molecular weight excluding hydrogens is 282 g/mol. The van der Waals surface area contributed by atoms with E-state index in [1.54, 1.807) is 0 Å². The fourth-order valence-corrected chi connectivity index (χ4v) is 2.05. The molecule has 0 spiro atoms. The Morgan fingerprint density at radius 3 is 3.00 bits per heavy atom. The van der Waals surface area contributed by atoms with Gasteiger partial charge in [-0.25, -0.2) is 0 Å². The summed E-state index contributed by atoms with van der Waals surface area (Å²) in [6.45, 7) is 0.969. The molecule has 1 nitrogen and oxygen atoms in total. The van der Waals surface area contributed by atoms with Crippen molar-refractivity contribution in [2.45, 2.75) is 6.42 Å². The third kappa shape index (κ3) is 4.11. The van der Waals surface area contributed by atoms with Gasteiger partial charge >= 0.3 is 0 Å². The van der Waals surface area contributed by atoms with E-state index in [2.05, 4.69) is 27.5 Å². The van der Waals surface area contributed by atoms with Crippen molar-refractivity contribution < 1.29 is 0 Å². The predicted octanol–water partition coefficient (Wildman–Crippen LogP) is 4.27. The van der Waals surface area contributed by atoms with Crippen molar-refractivity contribution in [3.05, 3.63) is 27.7 Å². The second kappa shape index (κ2) is 6.59. The van der Waals surface area contributed by atoms with Crippen LogP contribution >= 0.6 is 39.3 Å². The van der Waals surface area contributed by atoms with Crippen molar-refractivity contribution in [1.29, 1.82) is 0 Å². The van der Waals surface area contributed by atoms with Gasteiger partial charge < -0.3 is 5.32 Å². The average Bonchev–Trinajstić information content (AvgIpc) is 2.18. The zero-order chi connectivity index (χ0) is 10.4. The minimum absolute atomic E-state index is 0.775. The molecule has 0 saturated heterocycles. The fourth-order valence-electron chi connectivity index (χ4n) is 1.07. The van der Waals surface area contributed by atoms with Crippen LogP contribution in [0.2, 0.25) is 5.02 Å². The molecule has 0 aliphatic carbocycles. The first-order valence-electron chi connectivity index (χ1n) is 4.42. The van der Waals surface area contributed by atoms with Crippen LogP contribution in [0.1, 0.15) is 6.42 Å².